The number of furan rings is 1. The van der Waals surface area contributed by atoms with Gasteiger partial charge in [0.15, 0.2) is 11.3 Å². The van der Waals surface area contributed by atoms with E-state index < -0.39 is 5.97 Å². The minimum absolute atomic E-state index is 0.197. The normalized spacial score (nSPS) is 16.9. The number of carbonyl (C=O) groups is 2. The summed E-state index contributed by atoms with van der Waals surface area (Å²) in [5.74, 6) is -0.295. The first-order valence-corrected chi connectivity index (χ1v) is 9.65. The average Bonchev–Trinajstić information content (AvgIpc) is 3.36. The molecule has 0 saturated carbocycles. The van der Waals surface area contributed by atoms with Crippen LogP contribution in [0.3, 0.4) is 0 Å². The van der Waals surface area contributed by atoms with Crippen molar-refractivity contribution in [3.63, 3.8) is 0 Å². The Balaban J connectivity index is 1.57. The smallest absolute Gasteiger partial charge is 0.331 e. The predicted molar refractivity (Wildman–Crippen MR) is 104 cm³/mol. The zero-order valence-corrected chi connectivity index (χ0v) is 17.0. The van der Waals surface area contributed by atoms with E-state index in [2.05, 4.69) is 20.5 Å². The summed E-state index contributed by atoms with van der Waals surface area (Å²) in [6.07, 6.45) is 5.04. The number of hydrogen-bond donors (Lipinski definition) is 0. The zero-order valence-electron chi connectivity index (χ0n) is 15.4. The summed E-state index contributed by atoms with van der Waals surface area (Å²) in [5, 5.41) is 0. The molecular formula is C20H22BrNO5. The van der Waals surface area contributed by atoms with Crippen LogP contribution in [0.1, 0.15) is 40.3 Å². The van der Waals surface area contributed by atoms with E-state index in [1.165, 1.54) is 12.2 Å². The van der Waals surface area contributed by atoms with E-state index in [9.17, 15) is 9.59 Å². The molecule has 27 heavy (non-hydrogen) atoms. The van der Waals surface area contributed by atoms with Gasteiger partial charge < -0.3 is 18.5 Å². The van der Waals surface area contributed by atoms with Gasteiger partial charge in [-0.15, -0.1) is 0 Å². The molecular weight excluding hydrogens is 414 g/mol. The molecule has 1 fully saturated rings. The lowest BCUT2D eigenvalue weighted by Crippen LogP contribution is -2.18. The van der Waals surface area contributed by atoms with Gasteiger partial charge in [0.2, 0.25) is 5.78 Å². The molecule has 1 aliphatic heterocycles. The van der Waals surface area contributed by atoms with Crippen LogP contribution in [0.15, 0.2) is 33.4 Å². The molecule has 0 bridgehead atoms. The number of aromatic nitrogens is 1. The number of halogens is 1. The highest BCUT2D eigenvalue weighted by molar-refractivity contribution is 9.10. The quantitative estimate of drug-likeness (QED) is 0.372. The van der Waals surface area contributed by atoms with E-state index in [1.54, 1.807) is 12.1 Å². The van der Waals surface area contributed by atoms with Crippen molar-refractivity contribution in [1.29, 1.82) is 0 Å². The van der Waals surface area contributed by atoms with E-state index in [1.807, 2.05) is 19.9 Å². The van der Waals surface area contributed by atoms with Crippen LogP contribution in [0.2, 0.25) is 0 Å². The molecule has 0 N–H and O–H groups in total. The van der Waals surface area contributed by atoms with Crippen molar-refractivity contribution >= 4 is 33.8 Å². The number of carbonyl (C=O) groups excluding carboxylic acids is 2. The number of nitrogens with zero attached hydrogens (tertiary/aromatic N) is 1. The van der Waals surface area contributed by atoms with Crippen molar-refractivity contribution in [3.8, 4) is 0 Å². The fourth-order valence-corrected chi connectivity index (χ4v) is 3.51. The van der Waals surface area contributed by atoms with Crippen LogP contribution in [0.5, 0.6) is 0 Å². The van der Waals surface area contributed by atoms with Crippen LogP contribution in [-0.4, -0.2) is 35.6 Å². The van der Waals surface area contributed by atoms with Crippen molar-refractivity contribution in [3.05, 3.63) is 51.7 Å². The number of esters is 1. The van der Waals surface area contributed by atoms with Gasteiger partial charge in [0.05, 0.1) is 6.10 Å². The minimum Gasteiger partial charge on any atom is -0.454 e. The van der Waals surface area contributed by atoms with Crippen molar-refractivity contribution in [2.24, 2.45) is 0 Å². The molecule has 144 valence electrons. The minimum atomic E-state index is -0.593. The second-order valence-corrected chi connectivity index (χ2v) is 7.32. The topological polar surface area (TPSA) is 70.7 Å². The SMILES string of the molecule is Cc1cc(C(=O)COC(=O)/C=C/c2ccc(Br)o2)c(C)n1C[C@@H]1CCCO1. The van der Waals surface area contributed by atoms with Crippen LogP contribution in [-0.2, 0) is 20.8 Å². The number of ketones is 1. The van der Waals surface area contributed by atoms with Gasteiger partial charge in [-0.3, -0.25) is 4.79 Å². The van der Waals surface area contributed by atoms with E-state index in [4.69, 9.17) is 13.9 Å². The maximum Gasteiger partial charge on any atom is 0.331 e. The summed E-state index contributed by atoms with van der Waals surface area (Å²) >= 11 is 3.19. The third-order valence-electron chi connectivity index (χ3n) is 4.61. The fraction of sp³-hybridized carbons (Fsp3) is 0.400. The van der Waals surface area contributed by atoms with Gasteiger partial charge in [0, 0.05) is 36.2 Å². The molecule has 2 aromatic rings. The Bertz CT molecular complexity index is 858. The van der Waals surface area contributed by atoms with Gasteiger partial charge in [-0.05, 0) is 66.9 Å². The number of hydrogen-bond acceptors (Lipinski definition) is 5. The number of ether oxygens (including phenoxy) is 2. The Hall–Kier alpha value is -2.12. The van der Waals surface area contributed by atoms with Gasteiger partial charge in [0.25, 0.3) is 0 Å². The first-order valence-electron chi connectivity index (χ1n) is 8.85. The van der Waals surface area contributed by atoms with E-state index >= 15 is 0 Å². The van der Waals surface area contributed by atoms with Gasteiger partial charge in [0.1, 0.15) is 5.76 Å². The molecule has 1 atom stereocenters. The molecule has 0 aliphatic carbocycles. The Labute approximate surface area is 166 Å². The van der Waals surface area contributed by atoms with Crippen LogP contribution < -0.4 is 0 Å². The summed E-state index contributed by atoms with van der Waals surface area (Å²) in [6, 6.07) is 5.28. The molecule has 0 amide bonds. The van der Waals surface area contributed by atoms with E-state index in [0.717, 1.165) is 37.4 Å². The van der Waals surface area contributed by atoms with Gasteiger partial charge in [-0.2, -0.15) is 0 Å². The molecule has 3 heterocycles. The molecule has 2 aromatic heterocycles. The second-order valence-electron chi connectivity index (χ2n) is 6.54. The lowest BCUT2D eigenvalue weighted by molar-refractivity contribution is -0.136. The highest BCUT2D eigenvalue weighted by atomic mass is 79.9. The standard InChI is InChI=1S/C20H22BrNO5/c1-13-10-17(14(2)22(13)11-16-4-3-9-25-16)18(23)12-26-20(24)8-6-15-5-7-19(21)27-15/h5-8,10,16H,3-4,9,11-12H2,1-2H3/b8-6+/t16-/m0/s1. The Morgan fingerprint density at radius 1 is 1.37 bits per heavy atom. The van der Waals surface area contributed by atoms with Crippen LogP contribution in [0.4, 0.5) is 0 Å². The Morgan fingerprint density at radius 2 is 2.19 bits per heavy atom. The van der Waals surface area contributed by atoms with Crippen LogP contribution in [0, 0.1) is 13.8 Å². The maximum absolute atomic E-state index is 12.5. The van der Waals surface area contributed by atoms with Gasteiger partial charge in [-0.1, -0.05) is 0 Å². The van der Waals surface area contributed by atoms with Crippen LogP contribution in [0.25, 0.3) is 6.08 Å². The summed E-state index contributed by atoms with van der Waals surface area (Å²) in [7, 11) is 0. The number of aryl methyl sites for hydroxylation is 1. The molecule has 1 saturated heterocycles. The molecule has 3 rings (SSSR count). The molecule has 1 aliphatic rings. The summed E-state index contributed by atoms with van der Waals surface area (Å²) < 4.78 is 18.7. The lowest BCUT2D eigenvalue weighted by Gasteiger charge is -2.14. The maximum atomic E-state index is 12.5. The average molecular weight is 436 g/mol. The van der Waals surface area contributed by atoms with E-state index in [0.29, 0.717) is 16.0 Å². The van der Waals surface area contributed by atoms with Crippen molar-refractivity contribution < 1.29 is 23.5 Å². The Kier molecular flexibility index (Phi) is 6.34. The zero-order chi connectivity index (χ0) is 19.4. The number of Topliss-reactive ketones (excluding diaryl/α,β-unsaturated/α-hetero) is 1. The largest absolute Gasteiger partial charge is 0.454 e. The molecule has 0 spiro atoms. The fourth-order valence-electron chi connectivity index (χ4n) is 3.19. The number of rotatable bonds is 7. The summed E-state index contributed by atoms with van der Waals surface area (Å²) in [4.78, 5) is 24.3. The van der Waals surface area contributed by atoms with Crippen molar-refractivity contribution in [1.82, 2.24) is 4.57 Å². The third-order valence-corrected chi connectivity index (χ3v) is 5.03. The molecule has 0 unspecified atom stereocenters. The Morgan fingerprint density at radius 3 is 2.85 bits per heavy atom. The van der Waals surface area contributed by atoms with Crippen molar-refractivity contribution in [2.75, 3.05) is 13.2 Å². The molecule has 6 nitrogen and oxygen atoms in total. The lowest BCUT2D eigenvalue weighted by atomic mass is 10.1. The highest BCUT2D eigenvalue weighted by Gasteiger charge is 2.21. The van der Waals surface area contributed by atoms with E-state index in [-0.39, 0.29) is 18.5 Å². The van der Waals surface area contributed by atoms with Crippen molar-refractivity contribution in [2.45, 2.75) is 39.3 Å². The van der Waals surface area contributed by atoms with Gasteiger partial charge >= 0.3 is 5.97 Å². The first kappa shape index (κ1) is 19.6. The second kappa shape index (κ2) is 8.71. The summed E-state index contributed by atoms with van der Waals surface area (Å²) in [5.41, 5.74) is 2.46. The third kappa shape index (κ3) is 4.99. The monoisotopic (exact) mass is 435 g/mol. The molecule has 0 aromatic carbocycles. The van der Waals surface area contributed by atoms with Gasteiger partial charge in [-0.25, -0.2) is 4.79 Å². The summed E-state index contributed by atoms with van der Waals surface area (Å²) in [6.45, 7) is 5.12. The molecule has 0 radical (unpaired) electrons. The first-order chi connectivity index (χ1) is 12.9. The van der Waals surface area contributed by atoms with Crippen LogP contribution >= 0.6 is 15.9 Å². The predicted octanol–water partition coefficient (Wildman–Crippen LogP) is 4.08. The highest BCUT2D eigenvalue weighted by Crippen LogP contribution is 2.21. The molecule has 7 heteroatoms.